The first-order valence-electron chi connectivity index (χ1n) is 9.71. The Balaban J connectivity index is 1.62. The summed E-state index contributed by atoms with van der Waals surface area (Å²) in [5, 5.41) is 3.08. The molecule has 0 radical (unpaired) electrons. The van der Waals surface area contributed by atoms with Crippen LogP contribution in [0.25, 0.3) is 0 Å². The Morgan fingerprint density at radius 1 is 0.875 bits per heavy atom. The lowest BCUT2D eigenvalue weighted by molar-refractivity contribution is -0.146. The number of ether oxygens (including phenoxy) is 2. The summed E-state index contributed by atoms with van der Waals surface area (Å²) in [5.41, 5.74) is 2.04. The highest BCUT2D eigenvalue weighted by atomic mass is 127. The highest BCUT2D eigenvalue weighted by molar-refractivity contribution is 14.1. The normalized spacial score (nSPS) is 11.5. The van der Waals surface area contributed by atoms with Crippen molar-refractivity contribution in [1.29, 1.82) is 0 Å². The van der Waals surface area contributed by atoms with Crippen molar-refractivity contribution in [3.05, 3.63) is 99.5 Å². The minimum Gasteiger partial charge on any atom is -0.486 e. The maximum atomic E-state index is 12.7. The number of nitrogens with one attached hydrogen (secondary N) is 1. The number of rotatable bonds is 9. The van der Waals surface area contributed by atoms with Crippen LogP contribution in [0, 0.1) is 0 Å². The van der Waals surface area contributed by atoms with Gasteiger partial charge in [0.15, 0.2) is 5.75 Å². The Morgan fingerprint density at radius 3 is 1.94 bits per heavy atom. The molecule has 0 bridgehead atoms. The molecule has 0 unspecified atom stereocenters. The van der Waals surface area contributed by atoms with Gasteiger partial charge in [0.1, 0.15) is 19.3 Å². The van der Waals surface area contributed by atoms with Crippen molar-refractivity contribution in [2.75, 3.05) is 4.43 Å². The maximum Gasteiger partial charge on any atom is 0.329 e. The van der Waals surface area contributed by atoms with E-state index in [0.717, 1.165) is 11.1 Å². The monoisotopic (exact) mass is 583 g/mol. The SMILES string of the molecule is O=C(N[C@@H](CI)C(=O)OCc1ccccc1)c1cc(Cl)c(OCc2ccccc2)c(Cl)c1. The summed E-state index contributed by atoms with van der Waals surface area (Å²) in [5.74, 6) is -0.709. The van der Waals surface area contributed by atoms with Crippen molar-refractivity contribution in [2.45, 2.75) is 19.3 Å². The van der Waals surface area contributed by atoms with E-state index in [0.29, 0.717) is 10.2 Å². The molecule has 0 saturated carbocycles. The molecule has 5 nitrogen and oxygen atoms in total. The number of halogens is 3. The van der Waals surface area contributed by atoms with Crippen LogP contribution in [0.4, 0.5) is 0 Å². The molecular formula is C24H20Cl2INO4. The fourth-order valence-corrected chi connectivity index (χ4v) is 3.97. The molecule has 0 aliphatic heterocycles. The first kappa shape index (κ1) is 24.4. The van der Waals surface area contributed by atoms with E-state index in [1.54, 1.807) is 0 Å². The molecule has 1 amide bonds. The third kappa shape index (κ3) is 6.85. The molecule has 0 aliphatic carbocycles. The van der Waals surface area contributed by atoms with Gasteiger partial charge in [-0.15, -0.1) is 0 Å². The highest BCUT2D eigenvalue weighted by Gasteiger charge is 2.23. The molecule has 0 heterocycles. The number of carbonyl (C=O) groups is 2. The third-order valence-corrected chi connectivity index (χ3v) is 5.90. The number of amides is 1. The average molecular weight is 584 g/mol. The lowest BCUT2D eigenvalue weighted by Gasteiger charge is -2.16. The zero-order valence-electron chi connectivity index (χ0n) is 16.9. The van der Waals surface area contributed by atoms with E-state index in [1.165, 1.54) is 12.1 Å². The summed E-state index contributed by atoms with van der Waals surface area (Å²) in [6.45, 7) is 0.420. The second kappa shape index (κ2) is 12.1. The standard InChI is InChI=1S/C24H20Cl2INO4/c25-19-11-18(12-20(26)22(19)31-14-16-7-3-1-4-8-16)23(29)28-21(13-27)24(30)32-15-17-9-5-2-6-10-17/h1-12,21H,13-15H2,(H,28,29)/t21-/m0/s1. The van der Waals surface area contributed by atoms with E-state index in [2.05, 4.69) is 5.32 Å². The lowest BCUT2D eigenvalue weighted by Crippen LogP contribution is -2.43. The molecular weight excluding hydrogens is 564 g/mol. The Morgan fingerprint density at radius 2 is 1.41 bits per heavy atom. The van der Waals surface area contributed by atoms with E-state index >= 15 is 0 Å². The van der Waals surface area contributed by atoms with Gasteiger partial charge in [0.05, 0.1) is 10.0 Å². The van der Waals surface area contributed by atoms with Crippen LogP contribution >= 0.6 is 45.8 Å². The van der Waals surface area contributed by atoms with Crippen molar-refractivity contribution < 1.29 is 19.1 Å². The minimum atomic E-state index is -0.807. The van der Waals surface area contributed by atoms with Gasteiger partial charge < -0.3 is 14.8 Å². The van der Waals surface area contributed by atoms with Gasteiger partial charge in [-0.25, -0.2) is 4.79 Å². The zero-order chi connectivity index (χ0) is 22.9. The fourth-order valence-electron chi connectivity index (χ4n) is 2.79. The number of esters is 1. The van der Waals surface area contributed by atoms with Gasteiger partial charge in [-0.2, -0.15) is 0 Å². The number of carbonyl (C=O) groups excluding carboxylic acids is 2. The highest BCUT2D eigenvalue weighted by Crippen LogP contribution is 2.34. The summed E-state index contributed by atoms with van der Waals surface area (Å²) in [7, 11) is 0. The lowest BCUT2D eigenvalue weighted by atomic mass is 10.2. The minimum absolute atomic E-state index is 0.133. The van der Waals surface area contributed by atoms with Crippen LogP contribution in [0.1, 0.15) is 21.5 Å². The first-order valence-corrected chi connectivity index (χ1v) is 12.0. The number of benzene rings is 3. The smallest absolute Gasteiger partial charge is 0.329 e. The number of hydrogen-bond acceptors (Lipinski definition) is 4. The first-order chi connectivity index (χ1) is 15.5. The molecule has 3 aromatic carbocycles. The number of alkyl halides is 1. The molecule has 1 N–H and O–H groups in total. The zero-order valence-corrected chi connectivity index (χ0v) is 20.6. The van der Waals surface area contributed by atoms with Crippen molar-refractivity contribution in [1.82, 2.24) is 5.32 Å². The molecule has 0 saturated heterocycles. The van der Waals surface area contributed by atoms with Crippen molar-refractivity contribution in [2.24, 2.45) is 0 Å². The van der Waals surface area contributed by atoms with Crippen LogP contribution in [-0.2, 0) is 22.7 Å². The van der Waals surface area contributed by atoms with Crippen LogP contribution in [0.5, 0.6) is 5.75 Å². The Hall–Kier alpha value is -2.29. The second-order valence-corrected chi connectivity index (χ2v) is 8.51. The molecule has 32 heavy (non-hydrogen) atoms. The van der Waals surface area contributed by atoms with E-state index in [4.69, 9.17) is 32.7 Å². The van der Waals surface area contributed by atoms with E-state index < -0.39 is 17.9 Å². The van der Waals surface area contributed by atoms with Gasteiger partial charge in [0.2, 0.25) is 0 Å². The quantitative estimate of drug-likeness (QED) is 0.195. The van der Waals surface area contributed by atoms with Gasteiger partial charge in [0.25, 0.3) is 5.91 Å². The number of hydrogen-bond donors (Lipinski definition) is 1. The van der Waals surface area contributed by atoms with Crippen molar-refractivity contribution in [3.8, 4) is 5.75 Å². The van der Waals surface area contributed by atoms with Crippen molar-refractivity contribution in [3.63, 3.8) is 0 Å². The summed E-state index contributed by atoms with van der Waals surface area (Å²) >= 11 is 14.6. The van der Waals surface area contributed by atoms with Crippen LogP contribution < -0.4 is 10.1 Å². The summed E-state index contributed by atoms with van der Waals surface area (Å²) < 4.78 is 11.4. The summed E-state index contributed by atoms with van der Waals surface area (Å²) in [6, 6.07) is 21.0. The molecule has 0 aliphatic rings. The molecule has 1 atom stereocenters. The average Bonchev–Trinajstić information content (AvgIpc) is 2.81. The van der Waals surface area contributed by atoms with Crippen LogP contribution in [0.3, 0.4) is 0 Å². The van der Waals surface area contributed by atoms with E-state index in [9.17, 15) is 9.59 Å². The predicted molar refractivity (Wildman–Crippen MR) is 134 cm³/mol. The summed E-state index contributed by atoms with van der Waals surface area (Å²) in [6.07, 6.45) is 0. The molecule has 0 aromatic heterocycles. The molecule has 166 valence electrons. The molecule has 8 heteroatoms. The molecule has 3 aromatic rings. The summed E-state index contributed by atoms with van der Waals surface area (Å²) in [4.78, 5) is 25.1. The predicted octanol–water partition coefficient (Wildman–Crippen LogP) is 5.85. The van der Waals surface area contributed by atoms with Gasteiger partial charge in [-0.3, -0.25) is 4.79 Å². The fraction of sp³-hybridized carbons (Fsp3) is 0.167. The molecule has 0 spiro atoms. The van der Waals surface area contributed by atoms with E-state index in [-0.39, 0.29) is 28.8 Å². The van der Waals surface area contributed by atoms with Crippen LogP contribution in [0.15, 0.2) is 72.8 Å². The third-order valence-electron chi connectivity index (χ3n) is 4.45. The largest absolute Gasteiger partial charge is 0.486 e. The Labute approximate surface area is 210 Å². The van der Waals surface area contributed by atoms with Crippen LogP contribution in [0.2, 0.25) is 10.0 Å². The molecule has 3 rings (SSSR count). The van der Waals surface area contributed by atoms with Crippen molar-refractivity contribution >= 4 is 57.7 Å². The topological polar surface area (TPSA) is 64.6 Å². The Kier molecular flexibility index (Phi) is 9.20. The van der Waals surface area contributed by atoms with Crippen LogP contribution in [-0.4, -0.2) is 22.3 Å². The molecule has 0 fully saturated rings. The Bertz CT molecular complexity index is 1040. The second-order valence-electron chi connectivity index (χ2n) is 6.82. The van der Waals surface area contributed by atoms with Gasteiger partial charge in [-0.1, -0.05) is 106 Å². The van der Waals surface area contributed by atoms with Gasteiger partial charge in [-0.05, 0) is 23.3 Å². The maximum absolute atomic E-state index is 12.7. The van der Waals surface area contributed by atoms with Gasteiger partial charge >= 0.3 is 5.97 Å². The van der Waals surface area contributed by atoms with Gasteiger partial charge in [0, 0.05) is 9.99 Å². The van der Waals surface area contributed by atoms with E-state index in [1.807, 2.05) is 83.3 Å².